The number of nitro groups is 1. The van der Waals surface area contributed by atoms with Crippen molar-refractivity contribution in [2.24, 2.45) is 5.84 Å². The number of hydrazine groups is 1. The number of benzene rings is 2. The van der Waals surface area contributed by atoms with Crippen molar-refractivity contribution >= 4 is 11.4 Å². The Labute approximate surface area is 105 Å². The maximum Gasteiger partial charge on any atom is 0.274 e. The van der Waals surface area contributed by atoms with Gasteiger partial charge >= 0.3 is 0 Å². The predicted octanol–water partition coefficient (Wildman–Crippen LogP) is 2.48. The number of nitrogens with two attached hydrogens (primary N) is 1. The molecular weight excluding hydrogens is 230 g/mol. The molecule has 2 N–H and O–H groups in total. The van der Waals surface area contributed by atoms with Gasteiger partial charge in [0.1, 0.15) is 0 Å². The van der Waals surface area contributed by atoms with Crippen LogP contribution in [0.25, 0.3) is 0 Å². The van der Waals surface area contributed by atoms with Crippen LogP contribution in [0.15, 0.2) is 54.6 Å². The van der Waals surface area contributed by atoms with E-state index in [-0.39, 0.29) is 5.69 Å². The lowest BCUT2D eigenvalue weighted by atomic mass is 10.1. The minimum Gasteiger partial charge on any atom is -0.306 e. The Balaban J connectivity index is 2.22. The summed E-state index contributed by atoms with van der Waals surface area (Å²) in [4.78, 5) is 10.5. The maximum absolute atomic E-state index is 10.9. The van der Waals surface area contributed by atoms with Crippen molar-refractivity contribution in [2.75, 3.05) is 5.01 Å². The number of hydrogen-bond acceptors (Lipinski definition) is 4. The molecule has 5 nitrogen and oxygen atoms in total. The van der Waals surface area contributed by atoms with Gasteiger partial charge in [0.25, 0.3) is 5.69 Å². The molecule has 0 heterocycles. The van der Waals surface area contributed by atoms with Crippen LogP contribution in [-0.4, -0.2) is 4.92 Å². The second-order valence-electron chi connectivity index (χ2n) is 3.85. The van der Waals surface area contributed by atoms with Gasteiger partial charge in [0.2, 0.25) is 0 Å². The molecule has 5 heteroatoms. The number of anilines is 1. The molecule has 2 aromatic carbocycles. The first-order valence-corrected chi connectivity index (χ1v) is 5.48. The zero-order chi connectivity index (χ0) is 13.0. The Morgan fingerprint density at radius 2 is 1.67 bits per heavy atom. The highest BCUT2D eigenvalue weighted by Crippen LogP contribution is 2.21. The Morgan fingerprint density at radius 1 is 1.06 bits per heavy atom. The van der Waals surface area contributed by atoms with Crippen LogP contribution in [-0.2, 0) is 6.54 Å². The second kappa shape index (κ2) is 5.29. The first-order valence-electron chi connectivity index (χ1n) is 5.48. The summed E-state index contributed by atoms with van der Waals surface area (Å²) in [5.41, 5.74) is 1.49. The van der Waals surface area contributed by atoms with Gasteiger partial charge in [-0.05, 0) is 12.1 Å². The molecule has 2 aromatic rings. The minimum absolute atomic E-state index is 0.0869. The minimum atomic E-state index is -0.395. The van der Waals surface area contributed by atoms with E-state index in [0.717, 1.165) is 5.69 Å². The molecular formula is C13H13N3O2. The number of nitro benzene ring substituents is 1. The molecule has 0 spiro atoms. The van der Waals surface area contributed by atoms with E-state index in [2.05, 4.69) is 0 Å². The number of hydrogen-bond donors (Lipinski definition) is 1. The molecule has 0 bridgehead atoms. The largest absolute Gasteiger partial charge is 0.306 e. The van der Waals surface area contributed by atoms with Gasteiger partial charge in [-0.1, -0.05) is 36.4 Å². The molecule has 18 heavy (non-hydrogen) atoms. The van der Waals surface area contributed by atoms with Crippen LogP contribution in [0.5, 0.6) is 0 Å². The first kappa shape index (κ1) is 12.1. The highest BCUT2D eigenvalue weighted by atomic mass is 16.6. The van der Waals surface area contributed by atoms with Gasteiger partial charge < -0.3 is 5.01 Å². The molecule has 0 aliphatic heterocycles. The van der Waals surface area contributed by atoms with Crippen LogP contribution >= 0.6 is 0 Å². The normalized spacial score (nSPS) is 10.1. The van der Waals surface area contributed by atoms with E-state index >= 15 is 0 Å². The fourth-order valence-corrected chi connectivity index (χ4v) is 1.72. The molecule has 0 fully saturated rings. The smallest absolute Gasteiger partial charge is 0.274 e. The fourth-order valence-electron chi connectivity index (χ4n) is 1.72. The van der Waals surface area contributed by atoms with Crippen molar-refractivity contribution in [3.63, 3.8) is 0 Å². The Bertz CT molecular complexity index is 543. The van der Waals surface area contributed by atoms with Crippen molar-refractivity contribution < 1.29 is 4.92 Å². The van der Waals surface area contributed by atoms with E-state index < -0.39 is 4.92 Å². The Hall–Kier alpha value is -2.40. The molecule has 0 aliphatic rings. The van der Waals surface area contributed by atoms with Crippen LogP contribution in [0.2, 0.25) is 0 Å². The molecule has 92 valence electrons. The third-order valence-corrected chi connectivity index (χ3v) is 2.62. The van der Waals surface area contributed by atoms with Gasteiger partial charge in [-0.25, -0.2) is 5.84 Å². The van der Waals surface area contributed by atoms with Gasteiger partial charge in [0, 0.05) is 6.07 Å². The van der Waals surface area contributed by atoms with Gasteiger partial charge in [-0.3, -0.25) is 10.1 Å². The van der Waals surface area contributed by atoms with E-state index in [4.69, 9.17) is 5.84 Å². The molecule has 0 aromatic heterocycles. The number of rotatable bonds is 4. The second-order valence-corrected chi connectivity index (χ2v) is 3.85. The Morgan fingerprint density at radius 3 is 2.33 bits per heavy atom. The number of nitrogens with zero attached hydrogens (tertiary/aromatic N) is 2. The lowest BCUT2D eigenvalue weighted by molar-refractivity contribution is -0.385. The average Bonchev–Trinajstić information content (AvgIpc) is 2.40. The molecule has 0 saturated carbocycles. The first-order chi connectivity index (χ1) is 8.68. The molecule has 0 unspecified atom stereocenters. The summed E-state index contributed by atoms with van der Waals surface area (Å²) in [5, 5.41) is 12.4. The van der Waals surface area contributed by atoms with Crippen LogP contribution in [0, 0.1) is 10.1 Å². The third-order valence-electron chi connectivity index (χ3n) is 2.62. The molecule has 0 amide bonds. The summed E-state index contributed by atoms with van der Waals surface area (Å²) in [6.45, 7) is 0.293. The summed E-state index contributed by atoms with van der Waals surface area (Å²) >= 11 is 0. The molecule has 0 atom stereocenters. The van der Waals surface area contributed by atoms with Crippen LogP contribution in [0.1, 0.15) is 5.56 Å². The van der Waals surface area contributed by atoms with Gasteiger partial charge in [0.15, 0.2) is 0 Å². The van der Waals surface area contributed by atoms with Gasteiger partial charge in [-0.15, -0.1) is 0 Å². The number of para-hydroxylation sites is 2. The Kier molecular flexibility index (Phi) is 3.54. The monoisotopic (exact) mass is 243 g/mol. The van der Waals surface area contributed by atoms with Crippen molar-refractivity contribution in [1.29, 1.82) is 0 Å². The highest BCUT2D eigenvalue weighted by molar-refractivity contribution is 5.48. The summed E-state index contributed by atoms with van der Waals surface area (Å²) in [6.07, 6.45) is 0. The summed E-state index contributed by atoms with van der Waals surface area (Å²) < 4.78 is 0. The molecule has 0 saturated heterocycles. The fraction of sp³-hybridized carbons (Fsp3) is 0.0769. The SMILES string of the molecule is NN(Cc1ccccc1[N+](=O)[O-])c1ccccc1. The average molecular weight is 243 g/mol. The van der Waals surface area contributed by atoms with E-state index in [1.54, 1.807) is 18.2 Å². The quantitative estimate of drug-likeness (QED) is 0.508. The van der Waals surface area contributed by atoms with Crippen LogP contribution < -0.4 is 10.9 Å². The highest BCUT2D eigenvalue weighted by Gasteiger charge is 2.14. The lowest BCUT2D eigenvalue weighted by Crippen LogP contribution is -2.30. The molecule has 0 radical (unpaired) electrons. The lowest BCUT2D eigenvalue weighted by Gasteiger charge is -2.18. The standard InChI is InChI=1S/C13H13N3O2/c14-15(12-7-2-1-3-8-12)10-11-6-4-5-9-13(11)16(17)18/h1-9H,10,14H2. The van der Waals surface area contributed by atoms with Crippen molar-refractivity contribution in [1.82, 2.24) is 0 Å². The van der Waals surface area contributed by atoms with E-state index in [0.29, 0.717) is 12.1 Å². The zero-order valence-electron chi connectivity index (χ0n) is 9.69. The molecule has 0 aliphatic carbocycles. The summed E-state index contributed by atoms with van der Waals surface area (Å²) in [5.74, 6) is 5.91. The van der Waals surface area contributed by atoms with Crippen LogP contribution in [0.4, 0.5) is 11.4 Å². The maximum atomic E-state index is 10.9. The summed E-state index contributed by atoms with van der Waals surface area (Å²) in [7, 11) is 0. The van der Waals surface area contributed by atoms with Crippen LogP contribution in [0.3, 0.4) is 0 Å². The molecule has 2 rings (SSSR count). The predicted molar refractivity (Wildman–Crippen MR) is 69.9 cm³/mol. The topological polar surface area (TPSA) is 72.4 Å². The third kappa shape index (κ3) is 2.64. The van der Waals surface area contributed by atoms with Gasteiger partial charge in [0.05, 0.1) is 22.7 Å². The summed E-state index contributed by atoms with van der Waals surface area (Å²) in [6, 6.07) is 15.9. The van der Waals surface area contributed by atoms with Gasteiger partial charge in [-0.2, -0.15) is 0 Å². The van der Waals surface area contributed by atoms with Crippen molar-refractivity contribution in [3.05, 3.63) is 70.3 Å². The van der Waals surface area contributed by atoms with E-state index in [9.17, 15) is 10.1 Å². The zero-order valence-corrected chi connectivity index (χ0v) is 9.69. The van der Waals surface area contributed by atoms with E-state index in [1.165, 1.54) is 11.1 Å². The van der Waals surface area contributed by atoms with Crippen molar-refractivity contribution in [3.8, 4) is 0 Å². The van der Waals surface area contributed by atoms with Crippen molar-refractivity contribution in [2.45, 2.75) is 6.54 Å². The van der Waals surface area contributed by atoms with E-state index in [1.807, 2.05) is 30.3 Å².